The maximum Gasteiger partial charge on any atom is 0.220 e. The number of hydrogen-bond donors (Lipinski definition) is 1. The second-order valence-corrected chi connectivity index (χ2v) is 6.02. The average molecular weight is 357 g/mol. The normalized spacial score (nSPS) is 10.3. The first-order valence-corrected chi connectivity index (χ1v) is 8.82. The second kappa shape index (κ2) is 10.3. The number of carbonyl (C=O) groups is 1. The fraction of sp³-hybridized carbons (Fsp3) is 0.381. The molecule has 0 atom stereocenters. The van der Waals surface area contributed by atoms with E-state index >= 15 is 0 Å². The molecule has 0 aliphatic carbocycles. The van der Waals surface area contributed by atoms with Crippen LogP contribution in [0.25, 0.3) is 0 Å². The highest BCUT2D eigenvalue weighted by Crippen LogP contribution is 2.20. The molecule has 26 heavy (non-hydrogen) atoms. The molecule has 0 unspecified atom stereocenters. The highest BCUT2D eigenvalue weighted by Gasteiger charge is 2.04. The third-order valence-corrected chi connectivity index (χ3v) is 4.11. The minimum Gasteiger partial charge on any atom is -0.497 e. The zero-order valence-electron chi connectivity index (χ0n) is 15.7. The lowest BCUT2D eigenvalue weighted by atomic mass is 10.1. The van der Waals surface area contributed by atoms with Crippen molar-refractivity contribution >= 4 is 5.91 Å². The van der Waals surface area contributed by atoms with Gasteiger partial charge in [0.05, 0.1) is 20.3 Å². The third-order valence-electron chi connectivity index (χ3n) is 4.11. The van der Waals surface area contributed by atoms with Crippen LogP contribution in [-0.4, -0.2) is 32.8 Å². The molecule has 1 amide bonds. The van der Waals surface area contributed by atoms with Crippen molar-refractivity contribution in [3.05, 3.63) is 53.6 Å². The van der Waals surface area contributed by atoms with Crippen LogP contribution in [0.2, 0.25) is 0 Å². The molecule has 0 aliphatic heterocycles. The SMILES string of the molecule is COc1ccc(OCCCC(=O)NCCOc2cccc(C)c2C)cc1. The standard InChI is InChI=1S/C21H27NO4/c1-16-6-4-7-20(17(16)2)26-15-13-22-21(23)8-5-14-25-19-11-9-18(24-3)10-12-19/h4,6-7,9-12H,5,8,13-15H2,1-3H3,(H,22,23). The Bertz CT molecular complexity index is 698. The smallest absolute Gasteiger partial charge is 0.220 e. The van der Waals surface area contributed by atoms with Gasteiger partial charge in [0.15, 0.2) is 0 Å². The molecule has 0 bridgehead atoms. The maximum atomic E-state index is 11.8. The number of nitrogens with one attached hydrogen (secondary N) is 1. The van der Waals surface area contributed by atoms with Gasteiger partial charge in [-0.1, -0.05) is 12.1 Å². The van der Waals surface area contributed by atoms with Gasteiger partial charge >= 0.3 is 0 Å². The number of methoxy groups -OCH3 is 1. The van der Waals surface area contributed by atoms with E-state index in [0.29, 0.717) is 32.6 Å². The van der Waals surface area contributed by atoms with Gasteiger partial charge in [-0.25, -0.2) is 0 Å². The molecule has 0 fully saturated rings. The molecule has 140 valence electrons. The topological polar surface area (TPSA) is 56.8 Å². The van der Waals surface area contributed by atoms with Crippen LogP contribution in [0.5, 0.6) is 17.2 Å². The highest BCUT2D eigenvalue weighted by atomic mass is 16.5. The fourth-order valence-corrected chi connectivity index (χ4v) is 2.42. The first-order valence-electron chi connectivity index (χ1n) is 8.82. The number of hydrogen-bond acceptors (Lipinski definition) is 4. The number of amides is 1. The van der Waals surface area contributed by atoms with Crippen LogP contribution < -0.4 is 19.5 Å². The monoisotopic (exact) mass is 357 g/mol. The quantitative estimate of drug-likeness (QED) is 0.659. The summed E-state index contributed by atoms with van der Waals surface area (Å²) < 4.78 is 16.4. The summed E-state index contributed by atoms with van der Waals surface area (Å²) in [7, 11) is 1.63. The molecule has 0 heterocycles. The molecular weight excluding hydrogens is 330 g/mol. The summed E-state index contributed by atoms with van der Waals surface area (Å²) in [6, 6.07) is 13.4. The van der Waals surface area contributed by atoms with Crippen molar-refractivity contribution in [1.82, 2.24) is 5.32 Å². The van der Waals surface area contributed by atoms with E-state index in [1.807, 2.05) is 43.3 Å². The van der Waals surface area contributed by atoms with Gasteiger partial charge in [-0.2, -0.15) is 0 Å². The highest BCUT2D eigenvalue weighted by molar-refractivity contribution is 5.75. The van der Waals surface area contributed by atoms with Gasteiger partial charge in [-0.3, -0.25) is 4.79 Å². The van der Waals surface area contributed by atoms with Gasteiger partial charge < -0.3 is 19.5 Å². The van der Waals surface area contributed by atoms with Crippen molar-refractivity contribution in [2.45, 2.75) is 26.7 Å². The molecule has 0 aromatic heterocycles. The van der Waals surface area contributed by atoms with Crippen molar-refractivity contribution in [2.24, 2.45) is 0 Å². The van der Waals surface area contributed by atoms with Crippen LogP contribution in [-0.2, 0) is 4.79 Å². The van der Waals surface area contributed by atoms with E-state index < -0.39 is 0 Å². The Hall–Kier alpha value is -2.69. The van der Waals surface area contributed by atoms with Gasteiger partial charge in [0.25, 0.3) is 0 Å². The zero-order valence-corrected chi connectivity index (χ0v) is 15.7. The van der Waals surface area contributed by atoms with E-state index in [4.69, 9.17) is 14.2 Å². The average Bonchev–Trinajstić information content (AvgIpc) is 2.66. The maximum absolute atomic E-state index is 11.8. The van der Waals surface area contributed by atoms with Crippen molar-refractivity contribution in [3.63, 3.8) is 0 Å². The number of ether oxygens (including phenoxy) is 3. The lowest BCUT2D eigenvalue weighted by molar-refractivity contribution is -0.121. The predicted octanol–water partition coefficient (Wildman–Crippen LogP) is 3.67. The van der Waals surface area contributed by atoms with E-state index in [9.17, 15) is 4.79 Å². The van der Waals surface area contributed by atoms with Crippen LogP contribution in [0.4, 0.5) is 0 Å². The van der Waals surface area contributed by atoms with Crippen molar-refractivity contribution in [3.8, 4) is 17.2 Å². The van der Waals surface area contributed by atoms with Crippen LogP contribution in [0.15, 0.2) is 42.5 Å². The molecule has 0 radical (unpaired) electrons. The summed E-state index contributed by atoms with van der Waals surface area (Å²) >= 11 is 0. The lowest BCUT2D eigenvalue weighted by Gasteiger charge is -2.11. The van der Waals surface area contributed by atoms with Crippen LogP contribution in [0.1, 0.15) is 24.0 Å². The Kier molecular flexibility index (Phi) is 7.80. The van der Waals surface area contributed by atoms with Crippen molar-refractivity contribution in [1.29, 1.82) is 0 Å². The first-order chi connectivity index (χ1) is 12.6. The van der Waals surface area contributed by atoms with Gasteiger partial charge in [0.1, 0.15) is 23.9 Å². The van der Waals surface area contributed by atoms with Crippen molar-refractivity contribution in [2.75, 3.05) is 26.9 Å². The van der Waals surface area contributed by atoms with Gasteiger partial charge in [-0.05, 0) is 61.7 Å². The van der Waals surface area contributed by atoms with Crippen molar-refractivity contribution < 1.29 is 19.0 Å². The summed E-state index contributed by atoms with van der Waals surface area (Å²) in [5.74, 6) is 2.44. The molecule has 0 aliphatic rings. The Labute approximate surface area is 155 Å². The van der Waals surface area contributed by atoms with Gasteiger partial charge in [0, 0.05) is 6.42 Å². The molecule has 5 heteroatoms. The van der Waals surface area contributed by atoms with Crippen LogP contribution in [0.3, 0.4) is 0 Å². The Morgan fingerprint density at radius 2 is 1.69 bits per heavy atom. The Morgan fingerprint density at radius 1 is 0.962 bits per heavy atom. The van der Waals surface area contributed by atoms with E-state index in [1.54, 1.807) is 7.11 Å². The molecule has 2 aromatic carbocycles. The second-order valence-electron chi connectivity index (χ2n) is 6.02. The largest absolute Gasteiger partial charge is 0.497 e. The number of aryl methyl sites for hydroxylation is 1. The molecule has 5 nitrogen and oxygen atoms in total. The number of benzene rings is 2. The summed E-state index contributed by atoms with van der Waals surface area (Å²) in [6.07, 6.45) is 1.09. The summed E-state index contributed by atoms with van der Waals surface area (Å²) in [6.45, 7) is 5.53. The summed E-state index contributed by atoms with van der Waals surface area (Å²) in [5.41, 5.74) is 2.33. The summed E-state index contributed by atoms with van der Waals surface area (Å²) in [4.78, 5) is 11.8. The van der Waals surface area contributed by atoms with Gasteiger partial charge in [0.2, 0.25) is 5.91 Å². The van der Waals surface area contributed by atoms with E-state index in [2.05, 4.69) is 18.3 Å². The molecule has 2 aromatic rings. The molecule has 0 saturated carbocycles. The predicted molar refractivity (Wildman–Crippen MR) is 102 cm³/mol. The lowest BCUT2D eigenvalue weighted by Crippen LogP contribution is -2.28. The van der Waals surface area contributed by atoms with Gasteiger partial charge in [-0.15, -0.1) is 0 Å². The van der Waals surface area contributed by atoms with E-state index in [-0.39, 0.29) is 5.91 Å². The summed E-state index contributed by atoms with van der Waals surface area (Å²) in [5, 5.41) is 2.86. The number of carbonyl (C=O) groups excluding carboxylic acids is 1. The molecule has 1 N–H and O–H groups in total. The van der Waals surface area contributed by atoms with Crippen LogP contribution >= 0.6 is 0 Å². The molecule has 2 rings (SSSR count). The fourth-order valence-electron chi connectivity index (χ4n) is 2.42. The van der Waals surface area contributed by atoms with Crippen LogP contribution in [0, 0.1) is 13.8 Å². The minimum absolute atomic E-state index is 0.00731. The van der Waals surface area contributed by atoms with E-state index in [0.717, 1.165) is 22.8 Å². The molecular formula is C21H27NO4. The number of rotatable bonds is 10. The molecule has 0 saturated heterocycles. The first kappa shape index (κ1) is 19.6. The molecule has 0 spiro atoms. The zero-order chi connectivity index (χ0) is 18.8. The Morgan fingerprint density at radius 3 is 2.42 bits per heavy atom. The third kappa shape index (κ3) is 6.31. The minimum atomic E-state index is 0.00731. The Balaban J connectivity index is 1.56. The van der Waals surface area contributed by atoms with E-state index in [1.165, 1.54) is 5.56 Å².